The molecule has 0 bridgehead atoms. The molecule has 2 heterocycles. The summed E-state index contributed by atoms with van der Waals surface area (Å²) >= 11 is 0. The highest BCUT2D eigenvalue weighted by Gasteiger charge is 2.50. The number of methoxy groups -OCH3 is 1. The lowest BCUT2D eigenvalue weighted by atomic mass is 9.97. The Labute approximate surface area is 137 Å². The Morgan fingerprint density at radius 2 is 1.25 bits per heavy atom. The van der Waals surface area contributed by atoms with Crippen LogP contribution in [0.4, 0.5) is 0 Å². The Morgan fingerprint density at radius 3 is 1.79 bits per heavy atom. The molecule has 0 spiro atoms. The number of aliphatic hydroxyl groups is 7. The van der Waals surface area contributed by atoms with Crippen molar-refractivity contribution < 1.29 is 54.7 Å². The molecule has 142 valence electrons. The van der Waals surface area contributed by atoms with Crippen molar-refractivity contribution >= 4 is 0 Å². The molecule has 0 aromatic carbocycles. The summed E-state index contributed by atoms with van der Waals surface area (Å²) in [5.41, 5.74) is 0. The van der Waals surface area contributed by atoms with Gasteiger partial charge in [0.1, 0.15) is 48.8 Å². The maximum absolute atomic E-state index is 10.2. The average Bonchev–Trinajstić information content (AvgIpc) is 2.58. The maximum Gasteiger partial charge on any atom is 0.187 e. The third-order valence-electron chi connectivity index (χ3n) is 4.19. The van der Waals surface area contributed by atoms with E-state index in [1.165, 1.54) is 7.11 Å². The Kier molecular flexibility index (Phi) is 6.87. The number of hydrogen-bond donors (Lipinski definition) is 7. The van der Waals surface area contributed by atoms with Gasteiger partial charge in [-0.3, -0.25) is 0 Å². The third kappa shape index (κ3) is 3.71. The van der Waals surface area contributed by atoms with Gasteiger partial charge in [-0.15, -0.1) is 0 Å². The van der Waals surface area contributed by atoms with Crippen LogP contribution in [0.1, 0.15) is 0 Å². The fourth-order valence-electron chi connectivity index (χ4n) is 2.74. The fraction of sp³-hybridized carbons (Fsp3) is 1.00. The highest BCUT2D eigenvalue weighted by Crippen LogP contribution is 2.29. The molecule has 24 heavy (non-hydrogen) atoms. The van der Waals surface area contributed by atoms with E-state index in [1.807, 2.05) is 0 Å². The van der Waals surface area contributed by atoms with Crippen molar-refractivity contribution in [2.75, 3.05) is 20.3 Å². The third-order valence-corrected chi connectivity index (χ3v) is 4.19. The lowest BCUT2D eigenvalue weighted by Gasteiger charge is -2.45. The van der Waals surface area contributed by atoms with Gasteiger partial charge in [-0.2, -0.15) is 0 Å². The quantitative estimate of drug-likeness (QED) is 0.251. The summed E-state index contributed by atoms with van der Waals surface area (Å²) in [4.78, 5) is 0. The van der Waals surface area contributed by atoms with E-state index in [-0.39, 0.29) is 0 Å². The van der Waals surface area contributed by atoms with Crippen molar-refractivity contribution in [3.05, 3.63) is 0 Å². The first kappa shape index (κ1) is 19.9. The van der Waals surface area contributed by atoms with Gasteiger partial charge in [0.15, 0.2) is 12.6 Å². The molecule has 0 aromatic heterocycles. The lowest BCUT2D eigenvalue weighted by Crippen LogP contribution is -2.64. The predicted molar refractivity (Wildman–Crippen MR) is 73.4 cm³/mol. The minimum Gasteiger partial charge on any atom is -0.394 e. The van der Waals surface area contributed by atoms with Gasteiger partial charge in [-0.25, -0.2) is 0 Å². The molecule has 2 aliphatic rings. The smallest absolute Gasteiger partial charge is 0.187 e. The molecular weight excluding hydrogens is 332 g/mol. The summed E-state index contributed by atoms with van der Waals surface area (Å²) in [6, 6.07) is 0. The normalized spacial score (nSPS) is 50.0. The molecule has 0 aliphatic carbocycles. The van der Waals surface area contributed by atoms with Crippen molar-refractivity contribution in [1.82, 2.24) is 0 Å². The molecular formula is C13H24O11. The molecule has 2 rings (SSSR count). The summed E-state index contributed by atoms with van der Waals surface area (Å²) < 4.78 is 20.6. The number of aliphatic hydroxyl groups excluding tert-OH is 7. The van der Waals surface area contributed by atoms with Crippen molar-refractivity contribution in [2.24, 2.45) is 0 Å². The number of rotatable bonds is 5. The van der Waals surface area contributed by atoms with Crippen LogP contribution in [-0.2, 0) is 18.9 Å². The van der Waals surface area contributed by atoms with Gasteiger partial charge in [0, 0.05) is 7.11 Å². The Morgan fingerprint density at radius 1 is 0.708 bits per heavy atom. The zero-order valence-electron chi connectivity index (χ0n) is 13.0. The Hall–Kier alpha value is -0.440. The number of hydrogen-bond acceptors (Lipinski definition) is 11. The van der Waals surface area contributed by atoms with Crippen LogP contribution < -0.4 is 0 Å². The molecule has 2 saturated heterocycles. The molecule has 2 aliphatic heterocycles. The van der Waals surface area contributed by atoms with Gasteiger partial charge in [-0.1, -0.05) is 0 Å². The maximum atomic E-state index is 10.2. The van der Waals surface area contributed by atoms with E-state index in [9.17, 15) is 30.6 Å². The second kappa shape index (κ2) is 8.29. The summed E-state index contributed by atoms with van der Waals surface area (Å²) in [5, 5.41) is 68.1. The Balaban J connectivity index is 2.14. The summed E-state index contributed by atoms with van der Waals surface area (Å²) in [5.74, 6) is 0. The van der Waals surface area contributed by atoms with Crippen LogP contribution in [0.5, 0.6) is 0 Å². The van der Waals surface area contributed by atoms with Gasteiger partial charge in [-0.05, 0) is 0 Å². The van der Waals surface area contributed by atoms with Crippen LogP contribution in [0, 0.1) is 0 Å². The van der Waals surface area contributed by atoms with Crippen LogP contribution in [0.25, 0.3) is 0 Å². The van der Waals surface area contributed by atoms with E-state index < -0.39 is 74.6 Å². The first-order valence-corrected chi connectivity index (χ1v) is 7.46. The largest absolute Gasteiger partial charge is 0.394 e. The molecule has 0 radical (unpaired) electrons. The van der Waals surface area contributed by atoms with Crippen molar-refractivity contribution in [2.45, 2.75) is 61.4 Å². The molecule has 0 unspecified atom stereocenters. The first-order valence-electron chi connectivity index (χ1n) is 7.46. The van der Waals surface area contributed by atoms with E-state index in [2.05, 4.69) is 0 Å². The molecule has 2 fully saturated rings. The van der Waals surface area contributed by atoms with Crippen LogP contribution in [-0.4, -0.2) is 117 Å². The topological polar surface area (TPSA) is 179 Å². The van der Waals surface area contributed by atoms with Crippen molar-refractivity contribution in [3.63, 3.8) is 0 Å². The van der Waals surface area contributed by atoms with E-state index >= 15 is 0 Å². The van der Waals surface area contributed by atoms with E-state index in [4.69, 9.17) is 24.1 Å². The van der Waals surface area contributed by atoms with Gasteiger partial charge in [0.05, 0.1) is 13.2 Å². The van der Waals surface area contributed by atoms with Gasteiger partial charge < -0.3 is 54.7 Å². The average molecular weight is 356 g/mol. The first-order chi connectivity index (χ1) is 11.3. The minimum absolute atomic E-state index is 0.581. The molecule has 11 heteroatoms. The van der Waals surface area contributed by atoms with Crippen LogP contribution in [0.2, 0.25) is 0 Å². The standard InChI is InChI=1S/C13H24O11/c1-21-12-10(20)11(7(17)5(3-15)22-12)24-13-9(19)8(18)6(16)4(2-14)23-13/h4-20H,2-3H2,1H3/t4-,5-,6+,7-,8+,9-,10+,11-,12-,13+/m1/s1. The van der Waals surface area contributed by atoms with Gasteiger partial charge in [0.2, 0.25) is 0 Å². The minimum atomic E-state index is -1.70. The molecule has 0 amide bonds. The zero-order valence-corrected chi connectivity index (χ0v) is 13.0. The lowest BCUT2D eigenvalue weighted by molar-refractivity contribution is -0.358. The SMILES string of the molecule is CO[C@@H]1O[C@H](CO)[C@@H](O)[C@@H](O[C@@H]2O[C@H](CO)[C@H](O)[C@H](O)[C@H]2O)[C@@H]1O. The zero-order chi connectivity index (χ0) is 18.0. The predicted octanol–water partition coefficient (Wildman–Crippen LogP) is -4.74. The molecule has 7 N–H and O–H groups in total. The summed E-state index contributed by atoms with van der Waals surface area (Å²) in [6.07, 6.45) is -14.4. The van der Waals surface area contributed by atoms with Gasteiger partial charge in [0.25, 0.3) is 0 Å². The highest BCUT2D eigenvalue weighted by molar-refractivity contribution is 4.93. The van der Waals surface area contributed by atoms with E-state index in [0.717, 1.165) is 0 Å². The fourth-order valence-corrected chi connectivity index (χ4v) is 2.74. The van der Waals surface area contributed by atoms with E-state index in [0.29, 0.717) is 0 Å². The van der Waals surface area contributed by atoms with Crippen molar-refractivity contribution in [3.8, 4) is 0 Å². The van der Waals surface area contributed by atoms with Gasteiger partial charge >= 0.3 is 0 Å². The van der Waals surface area contributed by atoms with Crippen LogP contribution >= 0.6 is 0 Å². The monoisotopic (exact) mass is 356 g/mol. The summed E-state index contributed by atoms with van der Waals surface area (Å²) in [7, 11) is 1.24. The molecule has 0 aromatic rings. The van der Waals surface area contributed by atoms with E-state index in [1.54, 1.807) is 0 Å². The summed E-state index contributed by atoms with van der Waals surface area (Å²) in [6.45, 7) is -1.23. The second-order valence-corrected chi connectivity index (χ2v) is 5.74. The highest BCUT2D eigenvalue weighted by atomic mass is 16.7. The molecule has 10 atom stereocenters. The van der Waals surface area contributed by atoms with Crippen LogP contribution in [0.15, 0.2) is 0 Å². The van der Waals surface area contributed by atoms with Crippen LogP contribution in [0.3, 0.4) is 0 Å². The number of ether oxygens (including phenoxy) is 4. The second-order valence-electron chi connectivity index (χ2n) is 5.74. The Bertz CT molecular complexity index is 378. The molecule has 0 saturated carbocycles. The molecule has 11 nitrogen and oxygen atoms in total. The van der Waals surface area contributed by atoms with Crippen molar-refractivity contribution in [1.29, 1.82) is 0 Å².